The molecule has 2 N–H and O–H groups in total. The predicted octanol–water partition coefficient (Wildman–Crippen LogP) is 2.43. The van der Waals surface area contributed by atoms with Crippen molar-refractivity contribution in [3.8, 4) is 11.3 Å². The van der Waals surface area contributed by atoms with E-state index in [-0.39, 0.29) is 5.97 Å². The number of nitrogen functional groups attached to an aromatic ring is 1. The Morgan fingerprint density at radius 2 is 2.06 bits per heavy atom. The molecular weight excluding hydrogens is 228 g/mol. The average Bonchev–Trinajstić information content (AvgIpc) is 2.37. The number of carbonyl (C=O) groups is 1. The van der Waals surface area contributed by atoms with Crippen LogP contribution in [0, 0.1) is 6.92 Å². The maximum absolute atomic E-state index is 11.4. The van der Waals surface area contributed by atoms with Crippen LogP contribution in [0.25, 0.3) is 11.3 Å². The summed E-state index contributed by atoms with van der Waals surface area (Å²) in [6.45, 7) is 1.92. The Labute approximate surface area is 105 Å². The van der Waals surface area contributed by atoms with Gasteiger partial charge in [-0.3, -0.25) is 0 Å². The second-order valence-corrected chi connectivity index (χ2v) is 3.97. The van der Waals surface area contributed by atoms with Crippen LogP contribution in [0.2, 0.25) is 0 Å². The minimum atomic E-state index is -0.342. The summed E-state index contributed by atoms with van der Waals surface area (Å²) < 4.78 is 4.68. The lowest BCUT2D eigenvalue weighted by Crippen LogP contribution is -2.02. The summed E-state index contributed by atoms with van der Waals surface area (Å²) in [6, 6.07) is 10.8. The number of esters is 1. The number of hydrogen-bond acceptors (Lipinski definition) is 4. The van der Waals surface area contributed by atoms with Gasteiger partial charge in [-0.15, -0.1) is 0 Å². The van der Waals surface area contributed by atoms with E-state index in [4.69, 9.17) is 5.73 Å². The van der Waals surface area contributed by atoms with E-state index in [1.807, 2.05) is 25.1 Å². The molecule has 0 spiro atoms. The van der Waals surface area contributed by atoms with E-state index in [2.05, 4.69) is 9.72 Å². The normalized spacial score (nSPS) is 10.1. The fraction of sp³-hybridized carbons (Fsp3) is 0.143. The van der Waals surface area contributed by atoms with Gasteiger partial charge in [-0.25, -0.2) is 9.78 Å². The van der Waals surface area contributed by atoms with Gasteiger partial charge in [0, 0.05) is 5.56 Å². The van der Waals surface area contributed by atoms with Gasteiger partial charge in [-0.1, -0.05) is 12.1 Å². The molecule has 0 atom stereocenters. The lowest BCUT2D eigenvalue weighted by atomic mass is 10.0. The molecule has 0 amide bonds. The van der Waals surface area contributed by atoms with Crippen molar-refractivity contribution in [1.82, 2.24) is 4.98 Å². The lowest BCUT2D eigenvalue weighted by molar-refractivity contribution is 0.0600. The summed E-state index contributed by atoms with van der Waals surface area (Å²) in [5, 5.41) is 0. The van der Waals surface area contributed by atoms with Crippen molar-refractivity contribution in [2.45, 2.75) is 6.92 Å². The number of hydrogen-bond donors (Lipinski definition) is 1. The van der Waals surface area contributed by atoms with Crippen molar-refractivity contribution in [1.29, 1.82) is 0 Å². The van der Waals surface area contributed by atoms with Crippen molar-refractivity contribution in [3.63, 3.8) is 0 Å². The summed E-state index contributed by atoms with van der Waals surface area (Å²) in [5.74, 6) is 0.133. The van der Waals surface area contributed by atoms with Gasteiger partial charge in [0.25, 0.3) is 0 Å². The number of rotatable bonds is 2. The quantitative estimate of drug-likeness (QED) is 0.821. The monoisotopic (exact) mass is 242 g/mol. The maximum Gasteiger partial charge on any atom is 0.337 e. The molecule has 0 radical (unpaired) electrons. The standard InChI is InChI=1S/C14H14N2O2/c1-9-8-10(14(17)18-2)6-7-11(9)12-4-3-5-13(15)16-12/h3-8H,1-2H3,(H2,15,16). The summed E-state index contributed by atoms with van der Waals surface area (Å²) >= 11 is 0. The molecular formula is C14H14N2O2. The highest BCUT2D eigenvalue weighted by molar-refractivity contribution is 5.90. The van der Waals surface area contributed by atoms with Gasteiger partial charge in [0.05, 0.1) is 18.4 Å². The van der Waals surface area contributed by atoms with Crippen LogP contribution in [0.1, 0.15) is 15.9 Å². The molecule has 0 unspecified atom stereocenters. The van der Waals surface area contributed by atoms with Crippen molar-refractivity contribution < 1.29 is 9.53 Å². The number of benzene rings is 1. The molecule has 1 aromatic carbocycles. The van der Waals surface area contributed by atoms with E-state index in [1.54, 1.807) is 18.2 Å². The number of carbonyl (C=O) groups excluding carboxylic acids is 1. The fourth-order valence-corrected chi connectivity index (χ4v) is 1.80. The third kappa shape index (κ3) is 2.32. The predicted molar refractivity (Wildman–Crippen MR) is 70.2 cm³/mol. The molecule has 0 aliphatic carbocycles. The molecule has 0 fully saturated rings. The van der Waals surface area contributed by atoms with Crippen LogP contribution in [0.15, 0.2) is 36.4 Å². The van der Waals surface area contributed by atoms with Crippen LogP contribution in [0.5, 0.6) is 0 Å². The average molecular weight is 242 g/mol. The summed E-state index contributed by atoms with van der Waals surface area (Å²) in [4.78, 5) is 15.7. The molecule has 0 bridgehead atoms. The number of nitrogens with two attached hydrogens (primary N) is 1. The van der Waals surface area contributed by atoms with E-state index < -0.39 is 0 Å². The zero-order valence-corrected chi connectivity index (χ0v) is 10.3. The molecule has 0 saturated heterocycles. The molecule has 0 saturated carbocycles. The van der Waals surface area contributed by atoms with Crippen LogP contribution >= 0.6 is 0 Å². The molecule has 0 aliphatic heterocycles. The van der Waals surface area contributed by atoms with Crippen LogP contribution in [-0.2, 0) is 4.74 Å². The molecule has 4 heteroatoms. The molecule has 18 heavy (non-hydrogen) atoms. The van der Waals surface area contributed by atoms with Crippen LogP contribution in [0.4, 0.5) is 5.82 Å². The summed E-state index contributed by atoms with van der Waals surface area (Å²) in [7, 11) is 1.37. The van der Waals surface area contributed by atoms with Gasteiger partial charge >= 0.3 is 5.97 Å². The highest BCUT2D eigenvalue weighted by Crippen LogP contribution is 2.23. The number of aromatic nitrogens is 1. The first kappa shape index (κ1) is 12.1. The van der Waals surface area contributed by atoms with Crippen LogP contribution < -0.4 is 5.73 Å². The fourth-order valence-electron chi connectivity index (χ4n) is 1.80. The van der Waals surface area contributed by atoms with Crippen LogP contribution in [-0.4, -0.2) is 18.1 Å². The number of ether oxygens (including phenoxy) is 1. The van der Waals surface area contributed by atoms with Gasteiger partial charge in [-0.05, 0) is 36.8 Å². The maximum atomic E-state index is 11.4. The summed E-state index contributed by atoms with van der Waals surface area (Å²) in [6.07, 6.45) is 0. The zero-order chi connectivity index (χ0) is 13.1. The Kier molecular flexibility index (Phi) is 3.28. The summed E-state index contributed by atoms with van der Waals surface area (Å²) in [5.41, 5.74) is 8.89. The molecule has 2 aromatic rings. The van der Waals surface area contributed by atoms with Gasteiger partial charge in [0.15, 0.2) is 0 Å². The van der Waals surface area contributed by atoms with Crippen molar-refractivity contribution >= 4 is 11.8 Å². The lowest BCUT2D eigenvalue weighted by Gasteiger charge is -2.07. The Morgan fingerprint density at radius 3 is 2.67 bits per heavy atom. The first-order valence-electron chi connectivity index (χ1n) is 5.53. The Morgan fingerprint density at radius 1 is 1.28 bits per heavy atom. The molecule has 1 heterocycles. The molecule has 2 rings (SSSR count). The van der Waals surface area contributed by atoms with E-state index in [1.165, 1.54) is 7.11 Å². The van der Waals surface area contributed by atoms with Crippen molar-refractivity contribution in [2.24, 2.45) is 0 Å². The molecule has 92 valence electrons. The second-order valence-electron chi connectivity index (χ2n) is 3.97. The second kappa shape index (κ2) is 4.87. The number of aryl methyl sites for hydroxylation is 1. The molecule has 4 nitrogen and oxygen atoms in total. The van der Waals surface area contributed by atoms with Gasteiger partial charge in [0.2, 0.25) is 0 Å². The van der Waals surface area contributed by atoms with Crippen molar-refractivity contribution in [2.75, 3.05) is 12.8 Å². The minimum absolute atomic E-state index is 0.342. The molecule has 0 aliphatic rings. The first-order valence-corrected chi connectivity index (χ1v) is 5.53. The third-order valence-corrected chi connectivity index (χ3v) is 2.69. The van der Waals surface area contributed by atoms with E-state index in [0.29, 0.717) is 11.4 Å². The highest BCUT2D eigenvalue weighted by atomic mass is 16.5. The van der Waals surface area contributed by atoms with Gasteiger partial charge in [0.1, 0.15) is 5.82 Å². The van der Waals surface area contributed by atoms with Gasteiger partial charge in [-0.2, -0.15) is 0 Å². The topological polar surface area (TPSA) is 65.2 Å². The number of methoxy groups -OCH3 is 1. The number of pyridine rings is 1. The Balaban J connectivity index is 2.45. The first-order chi connectivity index (χ1) is 8.61. The largest absolute Gasteiger partial charge is 0.465 e. The van der Waals surface area contributed by atoms with E-state index >= 15 is 0 Å². The number of anilines is 1. The smallest absolute Gasteiger partial charge is 0.337 e. The number of nitrogens with zero attached hydrogens (tertiary/aromatic N) is 1. The van der Waals surface area contributed by atoms with Crippen molar-refractivity contribution in [3.05, 3.63) is 47.5 Å². The zero-order valence-electron chi connectivity index (χ0n) is 10.3. The van der Waals surface area contributed by atoms with Crippen LogP contribution in [0.3, 0.4) is 0 Å². The van der Waals surface area contributed by atoms with E-state index in [0.717, 1.165) is 16.8 Å². The molecule has 1 aromatic heterocycles. The SMILES string of the molecule is COC(=O)c1ccc(-c2cccc(N)n2)c(C)c1. The minimum Gasteiger partial charge on any atom is -0.465 e. The van der Waals surface area contributed by atoms with Gasteiger partial charge < -0.3 is 10.5 Å². The van der Waals surface area contributed by atoms with E-state index in [9.17, 15) is 4.79 Å². The Bertz CT molecular complexity index is 594. The third-order valence-electron chi connectivity index (χ3n) is 2.69. The Hall–Kier alpha value is -2.36. The highest BCUT2D eigenvalue weighted by Gasteiger charge is 2.09.